The molecule has 1 heterocycles. The van der Waals surface area contributed by atoms with E-state index in [0.29, 0.717) is 17.1 Å². The summed E-state index contributed by atoms with van der Waals surface area (Å²) in [6.07, 6.45) is 0. The van der Waals surface area contributed by atoms with E-state index in [2.05, 4.69) is 0 Å². The summed E-state index contributed by atoms with van der Waals surface area (Å²) in [6.45, 7) is 3.53. The number of rotatable bonds is 6. The normalized spacial score (nSPS) is 10.4. The summed E-state index contributed by atoms with van der Waals surface area (Å²) in [5.74, 6) is 0.211. The Labute approximate surface area is 156 Å². The lowest BCUT2D eigenvalue weighted by molar-refractivity contribution is 0.0472. The largest absolute Gasteiger partial charge is 0.456 e. The molecule has 26 heavy (non-hydrogen) atoms. The number of carbonyl (C=O) groups excluding carboxylic acids is 2. The van der Waals surface area contributed by atoms with Gasteiger partial charge < -0.3 is 9.47 Å². The van der Waals surface area contributed by atoms with E-state index in [1.54, 1.807) is 47.7 Å². The Morgan fingerprint density at radius 1 is 0.923 bits per heavy atom. The molecule has 0 saturated heterocycles. The smallest absolute Gasteiger partial charge is 0.342 e. The van der Waals surface area contributed by atoms with Gasteiger partial charge in [0.2, 0.25) is 5.78 Å². The third-order valence-electron chi connectivity index (χ3n) is 3.75. The van der Waals surface area contributed by atoms with Crippen LogP contribution in [0.3, 0.4) is 0 Å². The Balaban J connectivity index is 1.70. The first kappa shape index (κ1) is 17.9. The molecule has 132 valence electrons. The van der Waals surface area contributed by atoms with E-state index in [1.807, 2.05) is 38.1 Å². The molecule has 0 atom stereocenters. The number of hydrogen-bond donors (Lipinski definition) is 0. The second-order valence-corrected chi connectivity index (χ2v) is 7.20. The Bertz CT molecular complexity index is 928. The molecule has 3 aromatic rings. The highest BCUT2D eigenvalue weighted by molar-refractivity contribution is 7.12. The Hall–Kier alpha value is -2.92. The SMILES string of the molecule is Cc1cc(C(=O)COC(=O)c2ccccc2Oc2ccccc2)c(C)s1. The second-order valence-electron chi connectivity index (χ2n) is 5.74. The van der Waals surface area contributed by atoms with E-state index in [-0.39, 0.29) is 18.0 Å². The van der Waals surface area contributed by atoms with Crippen molar-refractivity contribution in [1.29, 1.82) is 0 Å². The third-order valence-corrected chi connectivity index (χ3v) is 4.72. The topological polar surface area (TPSA) is 52.6 Å². The number of carbonyl (C=O) groups is 2. The average molecular weight is 366 g/mol. The van der Waals surface area contributed by atoms with Crippen LogP contribution in [0.25, 0.3) is 0 Å². The summed E-state index contributed by atoms with van der Waals surface area (Å²) in [4.78, 5) is 26.7. The predicted octanol–water partition coefficient (Wildman–Crippen LogP) is 5.20. The van der Waals surface area contributed by atoms with Gasteiger partial charge in [0.25, 0.3) is 0 Å². The fourth-order valence-corrected chi connectivity index (χ4v) is 3.48. The number of thiophene rings is 1. The molecule has 0 aliphatic heterocycles. The minimum absolute atomic E-state index is 0.207. The van der Waals surface area contributed by atoms with Crippen LogP contribution in [0, 0.1) is 13.8 Å². The van der Waals surface area contributed by atoms with Crippen LogP contribution < -0.4 is 4.74 Å². The minimum atomic E-state index is -0.588. The molecule has 0 radical (unpaired) electrons. The molecule has 0 saturated carbocycles. The number of hydrogen-bond acceptors (Lipinski definition) is 5. The number of esters is 1. The molecule has 0 amide bonds. The predicted molar refractivity (Wildman–Crippen MR) is 101 cm³/mol. The first-order chi connectivity index (χ1) is 12.5. The van der Waals surface area contributed by atoms with Crippen molar-refractivity contribution in [1.82, 2.24) is 0 Å². The van der Waals surface area contributed by atoms with Crippen molar-refractivity contribution >= 4 is 23.1 Å². The highest BCUT2D eigenvalue weighted by Gasteiger charge is 2.18. The van der Waals surface area contributed by atoms with Gasteiger partial charge in [-0.15, -0.1) is 11.3 Å². The average Bonchev–Trinajstić information content (AvgIpc) is 2.99. The molecule has 0 fully saturated rings. The third kappa shape index (κ3) is 4.18. The van der Waals surface area contributed by atoms with Crippen LogP contribution in [0.1, 0.15) is 30.5 Å². The molecule has 0 aliphatic rings. The van der Waals surface area contributed by atoms with Crippen LogP contribution in [0.2, 0.25) is 0 Å². The van der Waals surface area contributed by atoms with Crippen molar-refractivity contribution in [2.75, 3.05) is 6.61 Å². The number of ether oxygens (including phenoxy) is 2. The molecule has 3 rings (SSSR count). The van der Waals surface area contributed by atoms with E-state index in [0.717, 1.165) is 9.75 Å². The summed E-state index contributed by atoms with van der Waals surface area (Å²) >= 11 is 1.55. The van der Waals surface area contributed by atoms with Gasteiger partial charge in [-0.2, -0.15) is 0 Å². The molecule has 0 bridgehead atoms. The van der Waals surface area contributed by atoms with Crippen LogP contribution in [0.4, 0.5) is 0 Å². The molecule has 5 heteroatoms. The molecule has 1 aromatic heterocycles. The fourth-order valence-electron chi connectivity index (χ4n) is 2.53. The molecular weight excluding hydrogens is 348 g/mol. The second kappa shape index (κ2) is 7.97. The zero-order valence-electron chi connectivity index (χ0n) is 14.5. The zero-order valence-corrected chi connectivity index (χ0v) is 15.3. The molecule has 4 nitrogen and oxygen atoms in total. The van der Waals surface area contributed by atoms with Gasteiger partial charge >= 0.3 is 5.97 Å². The Kier molecular flexibility index (Phi) is 5.49. The van der Waals surface area contributed by atoms with Crippen molar-refractivity contribution in [3.05, 3.63) is 81.5 Å². The molecule has 0 N–H and O–H groups in total. The minimum Gasteiger partial charge on any atom is -0.456 e. The number of para-hydroxylation sites is 2. The molecular formula is C21H18O4S. The molecule has 0 aliphatic carbocycles. The van der Waals surface area contributed by atoms with Gasteiger partial charge in [0, 0.05) is 15.3 Å². The van der Waals surface area contributed by atoms with Gasteiger partial charge in [-0.1, -0.05) is 30.3 Å². The monoisotopic (exact) mass is 366 g/mol. The van der Waals surface area contributed by atoms with Crippen LogP contribution >= 0.6 is 11.3 Å². The Morgan fingerprint density at radius 2 is 1.62 bits per heavy atom. The number of benzene rings is 2. The first-order valence-corrected chi connectivity index (χ1v) is 8.95. The van der Waals surface area contributed by atoms with Gasteiger partial charge in [-0.05, 0) is 44.2 Å². The summed E-state index contributed by atoms with van der Waals surface area (Å²) in [7, 11) is 0. The van der Waals surface area contributed by atoms with E-state index < -0.39 is 5.97 Å². The lowest BCUT2D eigenvalue weighted by Gasteiger charge is -2.10. The van der Waals surface area contributed by atoms with Crippen LogP contribution in [-0.4, -0.2) is 18.4 Å². The van der Waals surface area contributed by atoms with Gasteiger partial charge in [-0.25, -0.2) is 4.79 Å². The number of Topliss-reactive ketones (excluding diaryl/α,β-unsaturated/α-hetero) is 1. The highest BCUT2D eigenvalue weighted by Crippen LogP contribution is 2.26. The van der Waals surface area contributed by atoms with E-state index >= 15 is 0 Å². The summed E-state index contributed by atoms with van der Waals surface area (Å²) in [5, 5.41) is 0. The number of aryl methyl sites for hydroxylation is 2. The van der Waals surface area contributed by atoms with Crippen LogP contribution in [-0.2, 0) is 4.74 Å². The zero-order chi connectivity index (χ0) is 18.5. The fraction of sp³-hybridized carbons (Fsp3) is 0.143. The van der Waals surface area contributed by atoms with Crippen molar-refractivity contribution in [2.24, 2.45) is 0 Å². The van der Waals surface area contributed by atoms with Gasteiger partial charge in [-0.3, -0.25) is 4.79 Å². The lowest BCUT2D eigenvalue weighted by Crippen LogP contribution is -2.15. The standard InChI is InChI=1S/C21H18O4S/c1-14-12-18(15(2)26-14)19(22)13-24-21(23)17-10-6-7-11-20(17)25-16-8-4-3-5-9-16/h3-12H,13H2,1-2H3. The van der Waals surface area contributed by atoms with Gasteiger partial charge in [0.1, 0.15) is 17.1 Å². The van der Waals surface area contributed by atoms with Crippen molar-refractivity contribution in [2.45, 2.75) is 13.8 Å². The summed E-state index contributed by atoms with van der Waals surface area (Å²) in [6, 6.07) is 17.8. The molecule has 0 unspecified atom stereocenters. The number of ketones is 1. The van der Waals surface area contributed by atoms with E-state index in [1.165, 1.54) is 0 Å². The quantitative estimate of drug-likeness (QED) is 0.445. The van der Waals surface area contributed by atoms with Gasteiger partial charge in [0.15, 0.2) is 6.61 Å². The Morgan fingerprint density at radius 3 is 2.31 bits per heavy atom. The van der Waals surface area contributed by atoms with Crippen LogP contribution in [0.5, 0.6) is 11.5 Å². The molecule has 2 aromatic carbocycles. The lowest BCUT2D eigenvalue weighted by atomic mass is 10.1. The van der Waals surface area contributed by atoms with Crippen LogP contribution in [0.15, 0.2) is 60.7 Å². The van der Waals surface area contributed by atoms with Crippen molar-refractivity contribution in [3.63, 3.8) is 0 Å². The van der Waals surface area contributed by atoms with E-state index in [4.69, 9.17) is 9.47 Å². The highest BCUT2D eigenvalue weighted by atomic mass is 32.1. The van der Waals surface area contributed by atoms with Gasteiger partial charge in [0.05, 0.1) is 0 Å². The van der Waals surface area contributed by atoms with E-state index in [9.17, 15) is 9.59 Å². The van der Waals surface area contributed by atoms with Crippen molar-refractivity contribution < 1.29 is 19.1 Å². The summed E-state index contributed by atoms with van der Waals surface area (Å²) in [5.41, 5.74) is 0.886. The maximum Gasteiger partial charge on any atom is 0.342 e. The maximum atomic E-state index is 12.4. The maximum absolute atomic E-state index is 12.4. The summed E-state index contributed by atoms with van der Waals surface area (Å²) < 4.78 is 11.0. The molecule has 0 spiro atoms. The first-order valence-electron chi connectivity index (χ1n) is 8.14. The van der Waals surface area contributed by atoms with Crippen molar-refractivity contribution in [3.8, 4) is 11.5 Å².